The van der Waals surface area contributed by atoms with Gasteiger partial charge in [0, 0.05) is 18.6 Å². The van der Waals surface area contributed by atoms with Crippen molar-refractivity contribution in [2.24, 2.45) is 7.05 Å². The third-order valence-corrected chi connectivity index (χ3v) is 4.76. The van der Waals surface area contributed by atoms with Gasteiger partial charge in [-0.3, -0.25) is 14.4 Å². The summed E-state index contributed by atoms with van der Waals surface area (Å²) in [6, 6.07) is 8.68. The van der Waals surface area contributed by atoms with Crippen molar-refractivity contribution in [1.29, 1.82) is 0 Å². The Morgan fingerprint density at radius 1 is 1.19 bits per heavy atom. The monoisotopic (exact) mass is 302 g/mol. The fraction of sp³-hybridized carbons (Fsp3) is 0.143. The number of para-hydroxylation sites is 1. The molecule has 0 aliphatic heterocycles. The number of nitrogens with zero attached hydrogens (tertiary/aromatic N) is 3. The lowest BCUT2D eigenvalue weighted by atomic mass is 10.2. The number of aryl methyl sites for hydroxylation is 1. The van der Waals surface area contributed by atoms with Crippen LogP contribution in [0, 0.1) is 6.92 Å². The van der Waals surface area contributed by atoms with E-state index in [1.165, 1.54) is 6.20 Å². The minimum absolute atomic E-state index is 0.156. The maximum Gasteiger partial charge on any atom is 0.264 e. The average molecular weight is 302 g/mol. The quantitative estimate of drug-likeness (QED) is 0.803. The van der Waals surface area contributed by atoms with Crippen molar-refractivity contribution in [2.75, 3.05) is 4.72 Å². The first-order chi connectivity index (χ1) is 9.99. The topological polar surface area (TPSA) is 76.9 Å². The molecule has 108 valence electrons. The maximum absolute atomic E-state index is 12.6. The highest BCUT2D eigenvalue weighted by Crippen LogP contribution is 2.24. The fourth-order valence-corrected chi connectivity index (χ4v) is 3.37. The van der Waals surface area contributed by atoms with E-state index < -0.39 is 10.0 Å². The Bertz CT molecular complexity index is 910. The van der Waals surface area contributed by atoms with Crippen LogP contribution in [-0.4, -0.2) is 23.2 Å². The van der Waals surface area contributed by atoms with Crippen molar-refractivity contribution in [3.63, 3.8) is 0 Å². The second-order valence-electron chi connectivity index (χ2n) is 4.70. The lowest BCUT2D eigenvalue weighted by Gasteiger charge is -2.09. The number of sulfonamides is 1. The Hall–Kier alpha value is -2.41. The molecule has 6 nitrogen and oxygen atoms in total. The number of rotatable bonds is 3. The normalized spacial score (nSPS) is 11.7. The third kappa shape index (κ3) is 2.36. The number of nitrogens with one attached hydrogen (secondary N) is 1. The van der Waals surface area contributed by atoms with Gasteiger partial charge in [-0.05, 0) is 19.1 Å². The number of benzene rings is 1. The molecule has 2 aromatic heterocycles. The van der Waals surface area contributed by atoms with Crippen LogP contribution in [0.15, 0.2) is 47.6 Å². The Balaban J connectivity index is 2.11. The lowest BCUT2D eigenvalue weighted by Crippen LogP contribution is -2.14. The van der Waals surface area contributed by atoms with Gasteiger partial charge >= 0.3 is 0 Å². The first kappa shape index (κ1) is 13.6. The Labute approximate surface area is 122 Å². The molecule has 0 aliphatic rings. The van der Waals surface area contributed by atoms with Crippen LogP contribution < -0.4 is 4.72 Å². The molecule has 1 N–H and O–H groups in total. The molecule has 0 fully saturated rings. The van der Waals surface area contributed by atoms with Crippen LogP contribution >= 0.6 is 0 Å². The molecular weight excluding hydrogens is 288 g/mol. The van der Waals surface area contributed by atoms with Crippen molar-refractivity contribution in [2.45, 2.75) is 11.8 Å². The second-order valence-corrected chi connectivity index (χ2v) is 6.35. The molecule has 0 saturated carbocycles. The number of pyridine rings is 1. The number of aromatic nitrogens is 3. The van der Waals surface area contributed by atoms with Crippen LogP contribution in [0.1, 0.15) is 5.69 Å². The van der Waals surface area contributed by atoms with E-state index in [1.807, 2.05) is 12.1 Å². The van der Waals surface area contributed by atoms with Crippen molar-refractivity contribution < 1.29 is 8.42 Å². The minimum atomic E-state index is -3.71. The van der Waals surface area contributed by atoms with Gasteiger partial charge in [-0.15, -0.1) is 0 Å². The standard InChI is InChI=1S/C14H14N4O2S/c1-10-12(9-16-18(10)2)17-21(19,20)13-7-3-5-11-6-4-8-15-14(11)13/h3-9,17H,1-2H3. The van der Waals surface area contributed by atoms with Crippen molar-refractivity contribution >= 4 is 26.6 Å². The molecule has 0 amide bonds. The van der Waals surface area contributed by atoms with Crippen molar-refractivity contribution in [1.82, 2.24) is 14.8 Å². The fourth-order valence-electron chi connectivity index (χ4n) is 2.09. The molecule has 0 unspecified atom stereocenters. The molecule has 7 heteroatoms. The van der Waals surface area contributed by atoms with Crippen LogP contribution in [0.3, 0.4) is 0 Å². The Morgan fingerprint density at radius 3 is 2.67 bits per heavy atom. The van der Waals surface area contributed by atoms with Gasteiger partial charge in [0.25, 0.3) is 10.0 Å². The highest BCUT2D eigenvalue weighted by molar-refractivity contribution is 7.93. The molecule has 0 aliphatic carbocycles. The summed E-state index contributed by atoms with van der Waals surface area (Å²) in [6.07, 6.45) is 3.07. The van der Waals surface area contributed by atoms with E-state index in [4.69, 9.17) is 0 Å². The van der Waals surface area contributed by atoms with Crippen LogP contribution in [-0.2, 0) is 17.1 Å². The highest BCUT2D eigenvalue weighted by Gasteiger charge is 2.20. The van der Waals surface area contributed by atoms with Crippen LogP contribution in [0.4, 0.5) is 5.69 Å². The zero-order valence-corrected chi connectivity index (χ0v) is 12.4. The van der Waals surface area contributed by atoms with E-state index in [-0.39, 0.29) is 4.90 Å². The van der Waals surface area contributed by atoms with E-state index in [9.17, 15) is 8.42 Å². The van der Waals surface area contributed by atoms with E-state index in [2.05, 4.69) is 14.8 Å². The minimum Gasteiger partial charge on any atom is -0.276 e. The zero-order valence-electron chi connectivity index (χ0n) is 11.6. The summed E-state index contributed by atoms with van der Waals surface area (Å²) in [5, 5.41) is 4.81. The second kappa shape index (κ2) is 4.85. The third-order valence-electron chi connectivity index (χ3n) is 3.36. The maximum atomic E-state index is 12.6. The van der Waals surface area contributed by atoms with Crippen molar-refractivity contribution in [3.8, 4) is 0 Å². The van der Waals surface area contributed by atoms with Gasteiger partial charge < -0.3 is 0 Å². The van der Waals surface area contributed by atoms with E-state index in [0.29, 0.717) is 11.2 Å². The number of fused-ring (bicyclic) bond motifs is 1. The molecule has 0 bridgehead atoms. The highest BCUT2D eigenvalue weighted by atomic mass is 32.2. The summed E-state index contributed by atoms with van der Waals surface area (Å²) in [6.45, 7) is 1.80. The number of anilines is 1. The van der Waals surface area contributed by atoms with Crippen LogP contribution in [0.5, 0.6) is 0 Å². The van der Waals surface area contributed by atoms with Crippen LogP contribution in [0.2, 0.25) is 0 Å². The molecule has 2 heterocycles. The first-order valence-corrected chi connectivity index (χ1v) is 7.82. The molecular formula is C14H14N4O2S. The summed E-state index contributed by atoms with van der Waals surface area (Å²) < 4.78 is 29.4. The van der Waals surface area contributed by atoms with Gasteiger partial charge in [0.1, 0.15) is 4.90 Å². The summed E-state index contributed by atoms with van der Waals surface area (Å²) in [5.41, 5.74) is 1.66. The summed E-state index contributed by atoms with van der Waals surface area (Å²) in [4.78, 5) is 4.33. The smallest absolute Gasteiger partial charge is 0.264 e. The first-order valence-electron chi connectivity index (χ1n) is 6.34. The predicted molar refractivity (Wildman–Crippen MR) is 80.5 cm³/mol. The molecule has 0 spiro atoms. The summed E-state index contributed by atoms with van der Waals surface area (Å²) in [5.74, 6) is 0. The Morgan fingerprint density at radius 2 is 1.95 bits per heavy atom. The van der Waals surface area contributed by atoms with Gasteiger partial charge in [0.05, 0.1) is 23.1 Å². The molecule has 0 atom stereocenters. The van der Waals surface area contributed by atoms with Crippen LogP contribution in [0.25, 0.3) is 10.9 Å². The molecule has 3 aromatic rings. The molecule has 21 heavy (non-hydrogen) atoms. The van der Waals surface area contributed by atoms with E-state index >= 15 is 0 Å². The number of hydrogen-bond donors (Lipinski definition) is 1. The van der Waals surface area contributed by atoms with E-state index in [1.54, 1.807) is 43.0 Å². The number of hydrogen-bond acceptors (Lipinski definition) is 4. The summed E-state index contributed by atoms with van der Waals surface area (Å²) in [7, 11) is -1.96. The van der Waals surface area contributed by atoms with Gasteiger partial charge in [0.15, 0.2) is 0 Å². The lowest BCUT2D eigenvalue weighted by molar-refractivity contribution is 0.602. The predicted octanol–water partition coefficient (Wildman–Crippen LogP) is 2.08. The molecule has 1 aromatic carbocycles. The molecule has 0 radical (unpaired) electrons. The molecule has 3 rings (SSSR count). The molecule has 0 saturated heterocycles. The average Bonchev–Trinajstić information content (AvgIpc) is 2.78. The summed E-state index contributed by atoms with van der Waals surface area (Å²) >= 11 is 0. The van der Waals surface area contributed by atoms with Gasteiger partial charge in [-0.25, -0.2) is 8.42 Å². The van der Waals surface area contributed by atoms with E-state index in [0.717, 1.165) is 11.1 Å². The van der Waals surface area contributed by atoms with Gasteiger partial charge in [0.2, 0.25) is 0 Å². The van der Waals surface area contributed by atoms with Gasteiger partial charge in [-0.1, -0.05) is 18.2 Å². The largest absolute Gasteiger partial charge is 0.276 e. The zero-order chi connectivity index (χ0) is 15.0. The Kier molecular flexibility index (Phi) is 3.13. The van der Waals surface area contributed by atoms with Crippen molar-refractivity contribution in [3.05, 3.63) is 48.4 Å². The SMILES string of the molecule is Cc1c(NS(=O)(=O)c2cccc3cccnc23)cnn1C. The van der Waals surface area contributed by atoms with Gasteiger partial charge in [-0.2, -0.15) is 5.10 Å².